The number of unbranched alkanes of at least 4 members (excludes halogenated alkanes) is 2. The van der Waals surface area contributed by atoms with Crippen LogP contribution in [0.1, 0.15) is 37.7 Å². The number of carbonyl (C=O) groups excluding carboxylic acids is 1. The zero-order valence-electron chi connectivity index (χ0n) is 20.6. The number of nitrogens with one attached hydrogen (secondary N) is 1. The lowest BCUT2D eigenvalue weighted by Gasteiger charge is -2.25. The van der Waals surface area contributed by atoms with Gasteiger partial charge in [0.1, 0.15) is 0 Å². The molecule has 0 spiro atoms. The average Bonchev–Trinajstić information content (AvgIpc) is 2.89. The van der Waals surface area contributed by atoms with Gasteiger partial charge in [0, 0.05) is 23.7 Å². The summed E-state index contributed by atoms with van der Waals surface area (Å²) in [5, 5.41) is 3.44. The van der Waals surface area contributed by atoms with Crippen molar-refractivity contribution in [2.45, 2.75) is 37.0 Å². The summed E-state index contributed by atoms with van der Waals surface area (Å²) in [6.45, 7) is 3.01. The second kappa shape index (κ2) is 13.6. The van der Waals surface area contributed by atoms with Crippen LogP contribution in [0.25, 0.3) is 11.1 Å². The van der Waals surface area contributed by atoms with Gasteiger partial charge in [-0.1, -0.05) is 85.6 Å². The molecular formula is C28H34ClN3O3S. The fourth-order valence-corrected chi connectivity index (χ4v) is 5.71. The molecule has 0 bridgehead atoms. The van der Waals surface area contributed by atoms with Crippen molar-refractivity contribution < 1.29 is 13.2 Å². The molecule has 6 nitrogen and oxygen atoms in total. The Bertz CT molecular complexity index is 1220. The lowest BCUT2D eigenvalue weighted by Crippen LogP contribution is -2.42. The molecule has 3 rings (SSSR count). The van der Waals surface area contributed by atoms with E-state index in [1.807, 2.05) is 55.5 Å². The Balaban J connectivity index is 1.80. The summed E-state index contributed by atoms with van der Waals surface area (Å²) in [6.07, 6.45) is 2.62. The molecule has 1 amide bonds. The van der Waals surface area contributed by atoms with Crippen molar-refractivity contribution in [3.8, 4) is 11.1 Å². The maximum absolute atomic E-state index is 13.7. The molecule has 3 aromatic rings. The Morgan fingerprint density at radius 2 is 1.61 bits per heavy atom. The van der Waals surface area contributed by atoms with Crippen molar-refractivity contribution in [1.29, 1.82) is 0 Å². The maximum atomic E-state index is 13.7. The predicted molar refractivity (Wildman–Crippen MR) is 146 cm³/mol. The lowest BCUT2D eigenvalue weighted by atomic mass is 10.0. The number of nitrogens with two attached hydrogens (primary N) is 1. The van der Waals surface area contributed by atoms with Crippen molar-refractivity contribution in [2.75, 3.05) is 26.2 Å². The summed E-state index contributed by atoms with van der Waals surface area (Å²) in [5.41, 5.74) is 8.17. The van der Waals surface area contributed by atoms with Crippen LogP contribution in [-0.2, 0) is 14.8 Å². The van der Waals surface area contributed by atoms with Gasteiger partial charge in [-0.25, -0.2) is 8.42 Å². The molecule has 36 heavy (non-hydrogen) atoms. The van der Waals surface area contributed by atoms with Gasteiger partial charge in [-0.3, -0.25) is 4.79 Å². The first-order valence-corrected chi connectivity index (χ1v) is 14.0. The van der Waals surface area contributed by atoms with Crippen LogP contribution in [0.4, 0.5) is 0 Å². The molecular weight excluding hydrogens is 494 g/mol. The summed E-state index contributed by atoms with van der Waals surface area (Å²) >= 11 is 6.30. The Morgan fingerprint density at radius 1 is 0.944 bits per heavy atom. The van der Waals surface area contributed by atoms with Crippen molar-refractivity contribution in [3.05, 3.63) is 89.4 Å². The molecule has 3 aromatic carbocycles. The topological polar surface area (TPSA) is 92.5 Å². The lowest BCUT2D eigenvalue weighted by molar-refractivity contribution is -0.121. The van der Waals surface area contributed by atoms with Crippen LogP contribution in [0, 0.1) is 0 Å². The van der Waals surface area contributed by atoms with E-state index < -0.39 is 10.0 Å². The first-order valence-electron chi connectivity index (χ1n) is 12.2. The van der Waals surface area contributed by atoms with Gasteiger partial charge in [0.2, 0.25) is 15.9 Å². The normalized spacial score (nSPS) is 12.4. The molecule has 192 valence electrons. The van der Waals surface area contributed by atoms with Gasteiger partial charge in [-0.2, -0.15) is 4.31 Å². The molecule has 0 aromatic heterocycles. The van der Waals surface area contributed by atoms with Crippen LogP contribution >= 0.6 is 11.6 Å². The smallest absolute Gasteiger partial charge is 0.243 e. The second-order valence-corrected chi connectivity index (χ2v) is 11.2. The standard InChI is InChI=1S/C28H34ClN3O3S/c1-22(23-10-4-2-5-11-23)20-32(21-28(33)31-19-9-3-8-18-30)36(34,35)25-16-14-24(15-17-25)26-12-6-7-13-27(26)29/h2,4-7,10-17,22H,3,8-9,18-21,30H2,1H3,(H,31,33)/t22-/m1/s1. The molecule has 0 saturated heterocycles. The number of hydrogen-bond acceptors (Lipinski definition) is 4. The van der Waals surface area contributed by atoms with Crippen LogP contribution in [0.2, 0.25) is 5.02 Å². The largest absolute Gasteiger partial charge is 0.355 e. The van der Waals surface area contributed by atoms with E-state index >= 15 is 0 Å². The zero-order valence-corrected chi connectivity index (χ0v) is 22.1. The number of halogens is 1. The van der Waals surface area contributed by atoms with E-state index in [0.717, 1.165) is 36.0 Å². The Morgan fingerprint density at radius 3 is 2.28 bits per heavy atom. The Kier molecular flexibility index (Phi) is 10.5. The third-order valence-electron chi connectivity index (χ3n) is 6.05. The molecule has 0 heterocycles. The van der Waals surface area contributed by atoms with Gasteiger partial charge >= 0.3 is 0 Å². The first kappa shape index (κ1) is 27.9. The number of nitrogens with zero attached hydrogens (tertiary/aromatic N) is 1. The highest BCUT2D eigenvalue weighted by molar-refractivity contribution is 7.89. The van der Waals surface area contributed by atoms with Crippen molar-refractivity contribution >= 4 is 27.5 Å². The number of sulfonamides is 1. The number of amides is 1. The number of carbonyl (C=O) groups is 1. The minimum Gasteiger partial charge on any atom is -0.355 e. The molecule has 0 aliphatic heterocycles. The number of benzene rings is 3. The molecule has 0 fully saturated rings. The van der Waals surface area contributed by atoms with E-state index in [0.29, 0.717) is 18.1 Å². The van der Waals surface area contributed by atoms with Crippen molar-refractivity contribution in [3.63, 3.8) is 0 Å². The monoisotopic (exact) mass is 527 g/mol. The molecule has 0 aliphatic rings. The van der Waals surface area contributed by atoms with Gasteiger partial charge in [-0.05, 0) is 54.6 Å². The highest BCUT2D eigenvalue weighted by Gasteiger charge is 2.28. The predicted octanol–water partition coefficient (Wildman–Crippen LogP) is 5.05. The van der Waals surface area contributed by atoms with E-state index in [1.54, 1.807) is 30.3 Å². The molecule has 8 heteroatoms. The van der Waals surface area contributed by atoms with E-state index in [9.17, 15) is 13.2 Å². The van der Waals surface area contributed by atoms with Crippen molar-refractivity contribution in [2.24, 2.45) is 5.73 Å². The highest BCUT2D eigenvalue weighted by atomic mass is 35.5. The van der Waals surface area contributed by atoms with Crippen LogP contribution in [0.5, 0.6) is 0 Å². The summed E-state index contributed by atoms with van der Waals surface area (Å²) < 4.78 is 28.6. The number of hydrogen-bond donors (Lipinski definition) is 2. The van der Waals surface area contributed by atoms with Gasteiger partial charge in [0.05, 0.1) is 11.4 Å². The summed E-state index contributed by atoms with van der Waals surface area (Å²) in [5.74, 6) is -0.417. The van der Waals surface area contributed by atoms with E-state index in [2.05, 4.69) is 5.32 Å². The van der Waals surface area contributed by atoms with E-state index in [-0.39, 0.29) is 29.8 Å². The van der Waals surface area contributed by atoms with Gasteiger partial charge in [-0.15, -0.1) is 0 Å². The molecule has 1 atom stereocenters. The quantitative estimate of drug-likeness (QED) is 0.304. The first-order chi connectivity index (χ1) is 17.3. The van der Waals surface area contributed by atoms with Crippen LogP contribution in [0.15, 0.2) is 83.8 Å². The van der Waals surface area contributed by atoms with Gasteiger partial charge < -0.3 is 11.1 Å². The fraction of sp³-hybridized carbons (Fsp3) is 0.321. The third-order valence-corrected chi connectivity index (χ3v) is 8.20. The summed E-state index contributed by atoms with van der Waals surface area (Å²) in [6, 6.07) is 23.7. The number of rotatable bonds is 13. The minimum atomic E-state index is -3.92. The fourth-order valence-electron chi connectivity index (χ4n) is 3.98. The maximum Gasteiger partial charge on any atom is 0.243 e. The van der Waals surface area contributed by atoms with Crippen LogP contribution < -0.4 is 11.1 Å². The third kappa shape index (κ3) is 7.64. The SMILES string of the molecule is C[C@H](CN(CC(=O)NCCCCCN)S(=O)(=O)c1ccc(-c2ccccc2Cl)cc1)c1ccccc1. The molecule has 0 saturated carbocycles. The Labute approximate surface area is 219 Å². The van der Waals surface area contributed by atoms with Crippen LogP contribution in [-0.4, -0.2) is 44.8 Å². The summed E-state index contributed by atoms with van der Waals surface area (Å²) in [4.78, 5) is 12.8. The second-order valence-electron chi connectivity index (χ2n) is 8.81. The summed E-state index contributed by atoms with van der Waals surface area (Å²) in [7, 11) is -3.92. The van der Waals surface area contributed by atoms with Gasteiger partial charge in [0.25, 0.3) is 0 Å². The van der Waals surface area contributed by atoms with E-state index in [4.69, 9.17) is 17.3 Å². The molecule has 0 aliphatic carbocycles. The Hall–Kier alpha value is -2.71. The van der Waals surface area contributed by atoms with Crippen LogP contribution in [0.3, 0.4) is 0 Å². The minimum absolute atomic E-state index is 0.0965. The van der Waals surface area contributed by atoms with Crippen molar-refractivity contribution in [1.82, 2.24) is 9.62 Å². The van der Waals surface area contributed by atoms with Gasteiger partial charge in [0.15, 0.2) is 0 Å². The molecule has 3 N–H and O–H groups in total. The molecule has 0 radical (unpaired) electrons. The van der Waals surface area contributed by atoms with E-state index in [1.165, 1.54) is 4.31 Å². The zero-order chi connectivity index (χ0) is 26.0. The molecule has 0 unspecified atom stereocenters. The highest BCUT2D eigenvalue weighted by Crippen LogP contribution is 2.29. The average molecular weight is 528 g/mol.